The van der Waals surface area contributed by atoms with Crippen LogP contribution in [0.4, 0.5) is 0 Å². The summed E-state index contributed by atoms with van der Waals surface area (Å²) in [6.45, 7) is 7.58. The number of ether oxygens (including phenoxy) is 2. The van der Waals surface area contributed by atoms with Crippen LogP contribution in [0, 0.1) is 0 Å². The molecular formula is C14H22N2O2. The van der Waals surface area contributed by atoms with Crippen molar-refractivity contribution in [3.63, 3.8) is 0 Å². The number of hydrogen-bond donors (Lipinski definition) is 1. The lowest BCUT2D eigenvalue weighted by atomic mass is 10.2. The first kappa shape index (κ1) is 13.2. The van der Waals surface area contributed by atoms with E-state index in [0.29, 0.717) is 12.8 Å². The zero-order valence-corrected chi connectivity index (χ0v) is 11.4. The molecule has 1 aliphatic heterocycles. The summed E-state index contributed by atoms with van der Waals surface area (Å²) in [6.07, 6.45) is 0. The Morgan fingerprint density at radius 1 is 1.33 bits per heavy atom. The zero-order valence-electron chi connectivity index (χ0n) is 11.4. The molecule has 0 aromatic heterocycles. The van der Waals surface area contributed by atoms with Crippen LogP contribution in [0.25, 0.3) is 0 Å². The number of likely N-dealkylation sites (N-methyl/N-ethyl adjacent to an activating group) is 1. The topological polar surface area (TPSA) is 33.7 Å². The third-order valence-corrected chi connectivity index (χ3v) is 3.32. The summed E-state index contributed by atoms with van der Waals surface area (Å²) in [6, 6.07) is 6.61. The minimum absolute atomic E-state index is 0.336. The number of hydrogen-bond acceptors (Lipinski definition) is 4. The van der Waals surface area contributed by atoms with Crippen molar-refractivity contribution in [3.8, 4) is 11.5 Å². The van der Waals surface area contributed by atoms with Crippen LogP contribution >= 0.6 is 0 Å². The second-order valence-corrected chi connectivity index (χ2v) is 4.90. The van der Waals surface area contributed by atoms with Gasteiger partial charge in [0.25, 0.3) is 0 Å². The predicted molar refractivity (Wildman–Crippen MR) is 72.0 cm³/mol. The number of rotatable bonds is 6. The van der Waals surface area contributed by atoms with Gasteiger partial charge < -0.3 is 19.7 Å². The van der Waals surface area contributed by atoms with Crippen molar-refractivity contribution in [1.82, 2.24) is 10.2 Å². The molecule has 0 unspecified atom stereocenters. The van der Waals surface area contributed by atoms with Crippen molar-refractivity contribution in [1.29, 1.82) is 0 Å². The third-order valence-electron chi connectivity index (χ3n) is 3.32. The molecular weight excluding hydrogens is 228 g/mol. The molecule has 0 bridgehead atoms. The summed E-state index contributed by atoms with van der Waals surface area (Å²) in [7, 11) is 2.14. The maximum absolute atomic E-state index is 5.47. The molecule has 4 nitrogen and oxygen atoms in total. The van der Waals surface area contributed by atoms with Gasteiger partial charge in [-0.05, 0) is 27.0 Å². The standard InChI is InChI=1S/C14H22N2O2/c1-11(2)16(3)8-7-15-9-12-5-4-6-13-14(12)18-10-17-13/h4-6,11,15H,7-10H2,1-3H3. The van der Waals surface area contributed by atoms with Crippen molar-refractivity contribution in [2.24, 2.45) is 0 Å². The van der Waals surface area contributed by atoms with E-state index in [-0.39, 0.29) is 0 Å². The van der Waals surface area contributed by atoms with Crippen LogP contribution in [0.2, 0.25) is 0 Å². The second-order valence-electron chi connectivity index (χ2n) is 4.90. The summed E-state index contributed by atoms with van der Waals surface area (Å²) in [5, 5.41) is 3.44. The van der Waals surface area contributed by atoms with Gasteiger partial charge in [-0.3, -0.25) is 0 Å². The van der Waals surface area contributed by atoms with Crippen LogP contribution in [0.1, 0.15) is 19.4 Å². The fourth-order valence-corrected chi connectivity index (χ4v) is 1.87. The van der Waals surface area contributed by atoms with Gasteiger partial charge in [0.2, 0.25) is 6.79 Å². The number of nitrogens with zero attached hydrogens (tertiary/aromatic N) is 1. The molecule has 0 amide bonds. The highest BCUT2D eigenvalue weighted by Crippen LogP contribution is 2.35. The molecule has 0 radical (unpaired) electrons. The normalized spacial score (nSPS) is 13.6. The Labute approximate surface area is 109 Å². The third kappa shape index (κ3) is 3.15. The Bertz CT molecular complexity index is 393. The van der Waals surface area contributed by atoms with E-state index in [1.807, 2.05) is 12.1 Å². The number of nitrogens with one attached hydrogen (secondary N) is 1. The van der Waals surface area contributed by atoms with Gasteiger partial charge in [-0.25, -0.2) is 0 Å². The van der Waals surface area contributed by atoms with E-state index < -0.39 is 0 Å². The molecule has 1 aromatic rings. The lowest BCUT2D eigenvalue weighted by molar-refractivity contribution is 0.173. The number of fused-ring (bicyclic) bond motifs is 1. The van der Waals surface area contributed by atoms with Crippen LogP contribution in [-0.4, -0.2) is 37.9 Å². The summed E-state index contributed by atoms with van der Waals surface area (Å²) in [5.74, 6) is 1.75. The molecule has 0 saturated carbocycles. The van der Waals surface area contributed by atoms with Gasteiger partial charge in [-0.1, -0.05) is 12.1 Å². The molecule has 1 N–H and O–H groups in total. The largest absolute Gasteiger partial charge is 0.454 e. The smallest absolute Gasteiger partial charge is 0.231 e. The Balaban J connectivity index is 1.79. The average molecular weight is 250 g/mol. The van der Waals surface area contributed by atoms with Gasteiger partial charge in [-0.2, -0.15) is 0 Å². The fourth-order valence-electron chi connectivity index (χ4n) is 1.87. The molecule has 18 heavy (non-hydrogen) atoms. The number of benzene rings is 1. The Morgan fingerprint density at radius 2 is 2.17 bits per heavy atom. The summed E-state index contributed by atoms with van der Waals surface area (Å²) in [4.78, 5) is 2.32. The van der Waals surface area contributed by atoms with Crippen LogP contribution < -0.4 is 14.8 Å². The van der Waals surface area contributed by atoms with E-state index in [1.165, 1.54) is 0 Å². The molecule has 100 valence electrons. The second kappa shape index (κ2) is 6.07. The molecule has 1 aromatic carbocycles. The van der Waals surface area contributed by atoms with Gasteiger partial charge in [0.1, 0.15) is 0 Å². The Kier molecular flexibility index (Phi) is 4.44. The van der Waals surface area contributed by atoms with Crippen LogP contribution in [0.15, 0.2) is 18.2 Å². The molecule has 0 fully saturated rings. The highest BCUT2D eigenvalue weighted by atomic mass is 16.7. The molecule has 4 heteroatoms. The van der Waals surface area contributed by atoms with E-state index in [4.69, 9.17) is 9.47 Å². The van der Waals surface area contributed by atoms with Crippen LogP contribution in [-0.2, 0) is 6.54 Å². The minimum Gasteiger partial charge on any atom is -0.454 e. The minimum atomic E-state index is 0.336. The van der Waals surface area contributed by atoms with E-state index >= 15 is 0 Å². The summed E-state index contributed by atoms with van der Waals surface area (Å²) < 4.78 is 10.8. The molecule has 0 spiro atoms. The molecule has 0 aliphatic carbocycles. The van der Waals surface area contributed by atoms with E-state index in [1.54, 1.807) is 0 Å². The van der Waals surface area contributed by atoms with E-state index in [9.17, 15) is 0 Å². The lowest BCUT2D eigenvalue weighted by Crippen LogP contribution is -2.33. The van der Waals surface area contributed by atoms with Gasteiger partial charge in [0, 0.05) is 31.2 Å². The maximum atomic E-state index is 5.47. The van der Waals surface area contributed by atoms with Crippen molar-refractivity contribution in [2.75, 3.05) is 26.9 Å². The first-order chi connectivity index (χ1) is 8.68. The Hall–Kier alpha value is -1.26. The van der Waals surface area contributed by atoms with Crippen molar-refractivity contribution < 1.29 is 9.47 Å². The van der Waals surface area contributed by atoms with Gasteiger partial charge >= 0.3 is 0 Å². The SMILES string of the molecule is CC(C)N(C)CCNCc1cccc2c1OCO2. The van der Waals surface area contributed by atoms with Crippen molar-refractivity contribution in [2.45, 2.75) is 26.4 Å². The summed E-state index contributed by atoms with van der Waals surface area (Å²) in [5.41, 5.74) is 1.16. The van der Waals surface area contributed by atoms with Crippen molar-refractivity contribution >= 4 is 0 Å². The van der Waals surface area contributed by atoms with E-state index in [0.717, 1.165) is 36.7 Å². The average Bonchev–Trinajstić information content (AvgIpc) is 2.83. The fraction of sp³-hybridized carbons (Fsp3) is 0.571. The van der Waals surface area contributed by atoms with Crippen molar-refractivity contribution in [3.05, 3.63) is 23.8 Å². The first-order valence-corrected chi connectivity index (χ1v) is 6.47. The Morgan fingerprint density at radius 3 is 2.94 bits per heavy atom. The molecule has 1 aliphatic rings. The molecule has 0 saturated heterocycles. The zero-order chi connectivity index (χ0) is 13.0. The lowest BCUT2D eigenvalue weighted by Gasteiger charge is -2.21. The number of para-hydroxylation sites is 1. The van der Waals surface area contributed by atoms with Crippen LogP contribution in [0.3, 0.4) is 0 Å². The van der Waals surface area contributed by atoms with Gasteiger partial charge in [-0.15, -0.1) is 0 Å². The maximum Gasteiger partial charge on any atom is 0.231 e. The van der Waals surface area contributed by atoms with Crippen LogP contribution in [0.5, 0.6) is 11.5 Å². The predicted octanol–water partition coefficient (Wildman–Crippen LogP) is 1.85. The quantitative estimate of drug-likeness (QED) is 0.781. The monoisotopic (exact) mass is 250 g/mol. The highest BCUT2D eigenvalue weighted by molar-refractivity contribution is 5.48. The highest BCUT2D eigenvalue weighted by Gasteiger charge is 2.16. The van der Waals surface area contributed by atoms with Gasteiger partial charge in [0.05, 0.1) is 0 Å². The summed E-state index contributed by atoms with van der Waals surface area (Å²) >= 11 is 0. The van der Waals surface area contributed by atoms with Gasteiger partial charge in [0.15, 0.2) is 11.5 Å². The van der Waals surface area contributed by atoms with E-state index in [2.05, 4.69) is 37.2 Å². The molecule has 2 rings (SSSR count). The first-order valence-electron chi connectivity index (χ1n) is 6.47. The molecule has 1 heterocycles. The molecule has 0 atom stereocenters.